The van der Waals surface area contributed by atoms with Gasteiger partial charge in [-0.3, -0.25) is 0 Å². The molecule has 0 radical (unpaired) electrons. The number of hydrogen-bond donors (Lipinski definition) is 0. The van der Waals surface area contributed by atoms with Crippen LogP contribution in [0.15, 0.2) is 77.4 Å². The summed E-state index contributed by atoms with van der Waals surface area (Å²) >= 11 is 0. The first-order chi connectivity index (χ1) is 15.8. The fraction of sp³-hybridized carbons (Fsp3) is 0.0800. The van der Waals surface area contributed by atoms with Crippen molar-refractivity contribution in [1.29, 1.82) is 0 Å². The number of carbonyl (C=O) groups is 1. The third kappa shape index (κ3) is 4.01. The second kappa shape index (κ2) is 7.90. The van der Waals surface area contributed by atoms with Crippen LogP contribution in [0.2, 0.25) is 0 Å². The van der Waals surface area contributed by atoms with Crippen LogP contribution in [-0.4, -0.2) is 27.4 Å². The highest BCUT2D eigenvalue weighted by molar-refractivity contribution is 7.90. The van der Waals surface area contributed by atoms with Gasteiger partial charge in [0.1, 0.15) is 11.6 Å². The first kappa shape index (κ1) is 21.0. The van der Waals surface area contributed by atoms with Gasteiger partial charge in [-0.25, -0.2) is 17.6 Å². The lowest BCUT2D eigenvalue weighted by molar-refractivity contribution is -0.131. The zero-order chi connectivity index (χ0) is 23.2. The van der Waals surface area contributed by atoms with E-state index < -0.39 is 21.6 Å². The molecule has 0 atom stereocenters. The normalized spacial score (nSPS) is 16.4. The summed E-state index contributed by atoms with van der Waals surface area (Å²) in [5.74, 6) is 0.470. The van der Waals surface area contributed by atoms with E-state index in [2.05, 4.69) is 0 Å². The molecular weight excluding hydrogens is 447 g/mol. The highest BCUT2D eigenvalue weighted by atomic mass is 32.2. The molecule has 0 N–H and O–H groups in total. The van der Waals surface area contributed by atoms with Crippen LogP contribution in [-0.2, 0) is 19.4 Å². The molecule has 6 nitrogen and oxygen atoms in total. The molecule has 0 spiro atoms. The van der Waals surface area contributed by atoms with E-state index in [-0.39, 0.29) is 23.0 Å². The number of allylic oxidation sites excluding steroid dienone is 1. The smallest absolute Gasteiger partial charge is 0.344 e. The zero-order valence-electron chi connectivity index (χ0n) is 17.4. The van der Waals surface area contributed by atoms with Gasteiger partial charge in [-0.2, -0.15) is 0 Å². The molecule has 0 saturated carbocycles. The maximum absolute atomic E-state index is 13.5. The highest BCUT2D eigenvalue weighted by Gasteiger charge is 2.32. The van der Waals surface area contributed by atoms with Gasteiger partial charge in [0.2, 0.25) is 6.79 Å². The molecule has 0 amide bonds. The maximum atomic E-state index is 13.5. The van der Waals surface area contributed by atoms with Crippen molar-refractivity contribution >= 4 is 33.0 Å². The number of ether oxygens (including phenoxy) is 3. The lowest BCUT2D eigenvalue weighted by atomic mass is 9.94. The van der Waals surface area contributed by atoms with Crippen LogP contribution in [0.1, 0.15) is 16.7 Å². The van der Waals surface area contributed by atoms with Gasteiger partial charge in [-0.1, -0.05) is 30.3 Å². The minimum Gasteiger partial charge on any atom is -0.454 e. The molecule has 5 rings (SSSR count). The molecule has 3 aromatic rings. The van der Waals surface area contributed by atoms with Crippen molar-refractivity contribution in [3.63, 3.8) is 0 Å². The van der Waals surface area contributed by atoms with Crippen LogP contribution in [0.3, 0.4) is 0 Å². The average Bonchev–Trinajstić information content (AvgIpc) is 3.37. The van der Waals surface area contributed by atoms with E-state index in [4.69, 9.17) is 14.2 Å². The number of hydrogen-bond acceptors (Lipinski definition) is 6. The van der Waals surface area contributed by atoms with Gasteiger partial charge in [0.05, 0.1) is 10.5 Å². The number of sulfone groups is 1. The van der Waals surface area contributed by atoms with Gasteiger partial charge < -0.3 is 14.2 Å². The SMILES string of the molecule is CS(=O)(=O)c1ccc(C2=C(c3ccc(F)cc3)C(=O)O/C2=C\c2ccc3c(c2)OCO3)cc1. The molecule has 0 fully saturated rings. The molecule has 0 saturated heterocycles. The van der Waals surface area contributed by atoms with Gasteiger partial charge in [0.25, 0.3) is 0 Å². The van der Waals surface area contributed by atoms with E-state index in [1.165, 1.54) is 36.4 Å². The summed E-state index contributed by atoms with van der Waals surface area (Å²) in [6, 6.07) is 17.0. The molecule has 3 aromatic carbocycles. The Morgan fingerprint density at radius 3 is 2.18 bits per heavy atom. The predicted molar refractivity (Wildman–Crippen MR) is 119 cm³/mol. The van der Waals surface area contributed by atoms with E-state index >= 15 is 0 Å². The lowest BCUT2D eigenvalue weighted by Gasteiger charge is -2.08. The van der Waals surface area contributed by atoms with E-state index in [0.717, 1.165) is 6.26 Å². The fourth-order valence-electron chi connectivity index (χ4n) is 3.72. The number of rotatable bonds is 4. The summed E-state index contributed by atoms with van der Waals surface area (Å²) in [6.07, 6.45) is 2.81. The number of carbonyl (C=O) groups excluding carboxylic acids is 1. The van der Waals surface area contributed by atoms with Crippen molar-refractivity contribution in [2.45, 2.75) is 4.90 Å². The lowest BCUT2D eigenvalue weighted by Crippen LogP contribution is -1.98. The fourth-order valence-corrected chi connectivity index (χ4v) is 4.35. The Kier molecular flexibility index (Phi) is 5.02. The zero-order valence-corrected chi connectivity index (χ0v) is 18.2. The Balaban J connectivity index is 1.67. The molecule has 0 bridgehead atoms. The second-order valence-electron chi connectivity index (χ2n) is 7.56. The summed E-state index contributed by atoms with van der Waals surface area (Å²) in [7, 11) is -3.39. The minimum absolute atomic E-state index is 0.136. The molecule has 0 aliphatic carbocycles. The van der Waals surface area contributed by atoms with Gasteiger partial charge in [0, 0.05) is 11.8 Å². The minimum atomic E-state index is -3.39. The Morgan fingerprint density at radius 1 is 0.848 bits per heavy atom. The van der Waals surface area contributed by atoms with Crippen molar-refractivity contribution in [3.05, 3.63) is 95.0 Å². The third-order valence-corrected chi connectivity index (χ3v) is 6.43. The predicted octanol–water partition coefficient (Wildman–Crippen LogP) is 4.47. The number of esters is 1. The van der Waals surface area contributed by atoms with Crippen molar-refractivity contribution in [2.24, 2.45) is 0 Å². The van der Waals surface area contributed by atoms with Crippen LogP contribution < -0.4 is 9.47 Å². The summed E-state index contributed by atoms with van der Waals surface area (Å²) in [6.45, 7) is 0.136. The molecule has 2 aliphatic rings. The van der Waals surface area contributed by atoms with Gasteiger partial charge in [0.15, 0.2) is 21.3 Å². The molecule has 2 heterocycles. The van der Waals surface area contributed by atoms with Crippen LogP contribution in [0, 0.1) is 5.82 Å². The standard InChI is InChI=1S/C25H17FO6S/c1-33(28,29)19-9-5-16(6-10-19)23-22(13-15-2-11-20-21(12-15)31-14-30-20)32-25(27)24(23)17-3-7-18(26)8-4-17/h2-13H,14H2,1H3/b22-13-. The molecular formula is C25H17FO6S. The van der Waals surface area contributed by atoms with E-state index in [1.54, 1.807) is 36.4 Å². The van der Waals surface area contributed by atoms with E-state index in [0.29, 0.717) is 33.8 Å². The largest absolute Gasteiger partial charge is 0.454 e. The van der Waals surface area contributed by atoms with Crippen LogP contribution in [0.25, 0.3) is 17.2 Å². The van der Waals surface area contributed by atoms with Crippen molar-refractivity contribution in [3.8, 4) is 11.5 Å². The van der Waals surface area contributed by atoms with Crippen LogP contribution in [0.4, 0.5) is 4.39 Å². The van der Waals surface area contributed by atoms with Crippen LogP contribution in [0.5, 0.6) is 11.5 Å². The first-order valence-corrected chi connectivity index (χ1v) is 11.8. The molecule has 166 valence electrons. The number of halogens is 1. The maximum Gasteiger partial charge on any atom is 0.344 e. The summed E-state index contributed by atoms with van der Waals surface area (Å²) < 4.78 is 53.6. The summed E-state index contributed by atoms with van der Waals surface area (Å²) in [5.41, 5.74) is 2.52. The van der Waals surface area contributed by atoms with Gasteiger partial charge >= 0.3 is 5.97 Å². The van der Waals surface area contributed by atoms with Gasteiger partial charge in [-0.15, -0.1) is 0 Å². The van der Waals surface area contributed by atoms with E-state index in [9.17, 15) is 17.6 Å². The van der Waals surface area contributed by atoms with Gasteiger partial charge in [-0.05, 0) is 59.2 Å². The van der Waals surface area contributed by atoms with E-state index in [1.807, 2.05) is 0 Å². The molecule has 33 heavy (non-hydrogen) atoms. The molecule has 2 aliphatic heterocycles. The monoisotopic (exact) mass is 464 g/mol. The summed E-state index contributed by atoms with van der Waals surface area (Å²) in [4.78, 5) is 13.1. The van der Waals surface area contributed by atoms with Crippen molar-refractivity contribution < 1.29 is 31.8 Å². The van der Waals surface area contributed by atoms with Crippen molar-refractivity contribution in [1.82, 2.24) is 0 Å². The quantitative estimate of drug-likeness (QED) is 0.531. The first-order valence-electron chi connectivity index (χ1n) is 9.94. The Morgan fingerprint density at radius 2 is 1.48 bits per heavy atom. The Hall–Kier alpha value is -3.91. The summed E-state index contributed by atoms with van der Waals surface area (Å²) in [5, 5.41) is 0. The molecule has 8 heteroatoms. The Labute approximate surface area is 189 Å². The van der Waals surface area contributed by atoms with Crippen LogP contribution >= 0.6 is 0 Å². The average molecular weight is 464 g/mol. The number of cyclic esters (lactones) is 1. The molecule has 0 unspecified atom stereocenters. The van der Waals surface area contributed by atoms with Crippen molar-refractivity contribution in [2.75, 3.05) is 13.0 Å². The highest BCUT2D eigenvalue weighted by Crippen LogP contribution is 2.42. The molecule has 0 aromatic heterocycles. The number of fused-ring (bicyclic) bond motifs is 1. The topological polar surface area (TPSA) is 78.9 Å². The third-order valence-electron chi connectivity index (χ3n) is 5.30. The number of benzene rings is 3. The second-order valence-corrected chi connectivity index (χ2v) is 9.58. The Bertz CT molecular complexity index is 1440.